The van der Waals surface area contributed by atoms with Crippen LogP contribution in [0.1, 0.15) is 284 Å². The maximum absolute atomic E-state index is 13.7. The molecule has 2 aliphatic heterocycles. The van der Waals surface area contributed by atoms with Crippen molar-refractivity contribution in [3.63, 3.8) is 0 Å². The molecule has 5 aromatic rings. The normalized spacial score (nSPS) is 27.3. The van der Waals surface area contributed by atoms with Gasteiger partial charge in [-0.1, -0.05) is 155 Å². The molecular formula is C104H142ClN6O10+. The lowest BCUT2D eigenvalue weighted by atomic mass is 9.75. The zero-order valence-corrected chi connectivity index (χ0v) is 75.4. The van der Waals surface area contributed by atoms with Gasteiger partial charge in [-0.3, -0.25) is 0 Å². The highest BCUT2D eigenvalue weighted by atomic mass is 35.5. The van der Waals surface area contributed by atoms with Gasteiger partial charge in [0.05, 0.1) is 24.7 Å². The van der Waals surface area contributed by atoms with E-state index in [-0.39, 0.29) is 72.1 Å². The number of carbonyl (C=O) groups is 4. The zero-order chi connectivity index (χ0) is 85.0. The van der Waals surface area contributed by atoms with Gasteiger partial charge in [0.15, 0.2) is 12.3 Å². The third kappa shape index (κ3) is 22.4. The molecule has 14 rings (SSSR count). The lowest BCUT2D eigenvalue weighted by molar-refractivity contribution is -0.441. The first-order valence-corrected chi connectivity index (χ1v) is 47.3. The Morgan fingerprint density at radius 3 is 1.53 bits per heavy atom. The number of anilines is 1. The van der Waals surface area contributed by atoms with Crippen LogP contribution in [0.25, 0.3) is 21.5 Å². The van der Waals surface area contributed by atoms with Crippen molar-refractivity contribution in [3.05, 3.63) is 178 Å². The van der Waals surface area contributed by atoms with E-state index in [1.807, 2.05) is 58.0 Å². The number of nitrogens with zero attached hydrogens (tertiary/aromatic N) is 2. The first-order chi connectivity index (χ1) is 58.3. The number of benzene rings is 5. The molecule has 6 saturated carbocycles. The van der Waals surface area contributed by atoms with Gasteiger partial charge in [0.1, 0.15) is 30.5 Å². The van der Waals surface area contributed by atoms with Crippen molar-refractivity contribution in [1.29, 1.82) is 0 Å². The van der Waals surface area contributed by atoms with Crippen molar-refractivity contribution >= 4 is 74.6 Å². The van der Waals surface area contributed by atoms with Crippen LogP contribution in [0.15, 0.2) is 156 Å². The van der Waals surface area contributed by atoms with E-state index in [0.29, 0.717) is 49.9 Å². The average Bonchev–Trinajstić information content (AvgIpc) is 1.58. The van der Waals surface area contributed by atoms with Gasteiger partial charge >= 0.3 is 24.4 Å². The van der Waals surface area contributed by atoms with Crippen molar-refractivity contribution in [2.24, 2.45) is 41.4 Å². The molecule has 1 unspecified atom stereocenters. The summed E-state index contributed by atoms with van der Waals surface area (Å²) in [4.78, 5) is 56.1. The van der Waals surface area contributed by atoms with E-state index < -0.39 is 17.3 Å². The Bertz CT molecular complexity index is 4560. The van der Waals surface area contributed by atoms with Crippen LogP contribution in [0.4, 0.5) is 30.6 Å². The van der Waals surface area contributed by atoms with E-state index in [2.05, 4.69) is 169 Å². The van der Waals surface area contributed by atoms with E-state index in [9.17, 15) is 19.2 Å². The van der Waals surface area contributed by atoms with E-state index in [1.54, 1.807) is 7.11 Å². The minimum atomic E-state index is -0.866. The number of fused-ring (bicyclic) bond motifs is 6. The van der Waals surface area contributed by atoms with Crippen molar-refractivity contribution in [1.82, 2.24) is 21.3 Å². The molecule has 6 fully saturated rings. The molecule has 17 heteroatoms. The van der Waals surface area contributed by atoms with Gasteiger partial charge < -0.3 is 54.6 Å². The maximum atomic E-state index is 13.7. The first-order valence-electron chi connectivity index (χ1n) is 46.9. The fourth-order valence-corrected chi connectivity index (χ4v) is 22.9. The predicted molar refractivity (Wildman–Crippen MR) is 489 cm³/mol. The number of ether oxygens (including phenoxy) is 6. The predicted octanol–water partition coefficient (Wildman–Crippen LogP) is 24.7. The van der Waals surface area contributed by atoms with Crippen molar-refractivity contribution in [2.45, 2.75) is 320 Å². The summed E-state index contributed by atoms with van der Waals surface area (Å²) in [6.45, 7) is 25.8. The third-order valence-electron chi connectivity index (χ3n) is 29.7. The van der Waals surface area contributed by atoms with Gasteiger partial charge in [-0.15, -0.1) is 6.58 Å². The van der Waals surface area contributed by atoms with Crippen LogP contribution in [-0.4, -0.2) is 111 Å². The summed E-state index contributed by atoms with van der Waals surface area (Å²) in [6, 6.07) is 34.6. The zero-order valence-electron chi connectivity index (χ0n) is 74.6. The summed E-state index contributed by atoms with van der Waals surface area (Å²) in [5, 5.41) is 18.6. The Kier molecular flexibility index (Phi) is 29.8. The molecule has 16 nitrogen and oxygen atoms in total. The summed E-state index contributed by atoms with van der Waals surface area (Å²) in [7, 11) is 1.77. The van der Waals surface area contributed by atoms with Crippen LogP contribution >= 0.6 is 11.6 Å². The summed E-state index contributed by atoms with van der Waals surface area (Å²) < 4.78 is 38.8. The Balaban J connectivity index is 0.463. The Morgan fingerprint density at radius 1 is 0.545 bits per heavy atom. The maximum Gasteiger partial charge on any atom is 0.408 e. The molecule has 4 N–H and O–H groups in total. The molecule has 654 valence electrons. The van der Waals surface area contributed by atoms with Crippen molar-refractivity contribution in [2.75, 3.05) is 44.9 Å². The minimum Gasteiger partial charge on any atom is -0.448 e. The summed E-state index contributed by atoms with van der Waals surface area (Å²) in [5.41, 5.74) is 9.11. The van der Waals surface area contributed by atoms with Gasteiger partial charge in [0, 0.05) is 77.2 Å². The van der Waals surface area contributed by atoms with Crippen LogP contribution < -0.4 is 26.2 Å². The number of hydrogen-bond donors (Lipinski definition) is 4. The highest BCUT2D eigenvalue weighted by molar-refractivity contribution is 6.32. The molecule has 0 radical (unpaired) electrons. The van der Waals surface area contributed by atoms with Crippen LogP contribution in [0.2, 0.25) is 0 Å². The highest BCUT2D eigenvalue weighted by Gasteiger charge is 2.47. The smallest absolute Gasteiger partial charge is 0.408 e. The second-order valence-electron chi connectivity index (χ2n) is 39.9. The van der Waals surface area contributed by atoms with Crippen molar-refractivity contribution in [3.8, 4) is 0 Å². The van der Waals surface area contributed by atoms with Crippen LogP contribution in [0, 0.1) is 41.4 Å². The van der Waals surface area contributed by atoms with Crippen molar-refractivity contribution < 1.29 is 52.2 Å². The molecule has 5 aromatic carbocycles. The molecule has 0 bridgehead atoms. The topological polar surface area (TPSA) is 178 Å². The van der Waals surface area contributed by atoms with Crippen LogP contribution in [0.3, 0.4) is 0 Å². The van der Waals surface area contributed by atoms with Gasteiger partial charge in [-0.2, -0.15) is 4.58 Å². The lowest BCUT2D eigenvalue weighted by Gasteiger charge is -2.35. The number of methoxy groups -OCH3 is 1. The molecule has 2 heterocycles. The standard InChI is InChI=1S/C104H141ClN6O10/c1-12-18-87(119-98(113)107-83-49-31-72(32-50-83)66-73-35-53-85(54-36-73)109-100(115)121-104(9,10)81-45-43-80(44-46-81)103(7,8)120-99(114)108-84-51-33-71(34-52-84)65-70-27-25-69(2)26-28-70)68-118-86-55-37-75(38-56-86)67-74-29-47-82(48-30-74)106-97(112)117-64-62-111-91-58-40-77-20-14-16-24-89(77)95(91)102(5,6)93(111)60-42-79-22-17-21-78(96(79)105)41-59-92-101(3,4)94-88-23-15-13-19-76(88)39-57-90(94)110(92)61-63-116-11/h12-16,19-20,23-24,39-46,57-60,69-75,82-87H,1,17-18,21-22,25-38,47-56,61-68H2,2-11H3,(H3-,106,107,108,109,112,113,114,115)/p+1. The fraction of sp³-hybridized carbons (Fsp3) is 0.606. The van der Waals surface area contributed by atoms with Gasteiger partial charge in [0.25, 0.3) is 0 Å². The molecular weight excluding hydrogens is 1530 g/mol. The number of halogens is 1. The number of rotatable bonds is 29. The third-order valence-corrected chi connectivity index (χ3v) is 30.2. The number of amides is 4. The van der Waals surface area contributed by atoms with E-state index >= 15 is 0 Å². The molecule has 9 aliphatic rings. The van der Waals surface area contributed by atoms with Gasteiger partial charge in [-0.05, 0) is 317 Å². The van der Waals surface area contributed by atoms with Gasteiger partial charge in [0.2, 0.25) is 5.69 Å². The average molecular weight is 1670 g/mol. The number of carbonyl (C=O) groups excluding carboxylic acids is 4. The Morgan fingerprint density at radius 2 is 1.02 bits per heavy atom. The van der Waals surface area contributed by atoms with E-state index in [4.69, 9.17) is 40.0 Å². The minimum absolute atomic E-state index is 0.0784. The van der Waals surface area contributed by atoms with Crippen LogP contribution in [-0.2, 0) is 50.5 Å². The lowest BCUT2D eigenvalue weighted by Crippen LogP contribution is -2.42. The number of nitrogens with one attached hydrogen (secondary N) is 4. The Labute approximate surface area is 728 Å². The monoisotopic (exact) mass is 1670 g/mol. The molecule has 0 saturated heterocycles. The summed E-state index contributed by atoms with van der Waals surface area (Å²) in [6.07, 6.45) is 42.6. The van der Waals surface area contributed by atoms with E-state index in [0.717, 1.165) is 198 Å². The van der Waals surface area contributed by atoms with Crippen LogP contribution in [0.5, 0.6) is 0 Å². The molecule has 4 amide bonds. The second-order valence-corrected chi connectivity index (χ2v) is 40.3. The molecule has 7 aliphatic carbocycles. The number of allylic oxidation sites excluding steroid dienone is 8. The second kappa shape index (κ2) is 40.4. The van der Waals surface area contributed by atoms with Gasteiger partial charge in [-0.25, -0.2) is 19.2 Å². The fourth-order valence-electron chi connectivity index (χ4n) is 22.6. The Hall–Kier alpha value is -7.92. The quantitative estimate of drug-likeness (QED) is 0.0203. The summed E-state index contributed by atoms with van der Waals surface area (Å²) >= 11 is 7.50. The number of alkyl carbamates (subject to hydrolysis) is 4. The number of hydrogen-bond acceptors (Lipinski definition) is 11. The summed E-state index contributed by atoms with van der Waals surface area (Å²) in [5.74, 6) is 5.10. The molecule has 0 spiro atoms. The largest absolute Gasteiger partial charge is 0.448 e. The molecule has 1 atom stereocenters. The molecule has 121 heavy (non-hydrogen) atoms. The van der Waals surface area contributed by atoms with E-state index in [1.165, 1.54) is 102 Å². The highest BCUT2D eigenvalue weighted by Crippen LogP contribution is 2.52. The first kappa shape index (κ1) is 89.4. The molecule has 0 aromatic heterocycles. The SMILES string of the molecule is C=CCC(COC1CCC(CC2CCC(NC(=O)OCCN3C(=CC=C4CCCC(C=CC5=[N+](CCOC)c6ccc7ccccc7c6C5(C)C)=C4Cl)C(C)(C)c4c3ccc3ccccc43)CC2)CC1)OC(=O)NC1CCC(CC2CCC(NC(=O)OC(C)(C)c3ccc(C(C)(C)OC(=O)NC4CCC(CC5CCC(C)CC5)CC4)cc3)CC2)CC1.